The number of nitrogens with zero attached hydrogens (tertiary/aromatic N) is 2. The Bertz CT molecular complexity index is 739. The molecule has 1 aliphatic rings. The molecule has 0 N–H and O–H groups in total. The smallest absolute Gasteiger partial charge is 0.418 e. The minimum Gasteiger partial charge on any atom is -0.449 e. The maximum atomic E-state index is 12.7. The summed E-state index contributed by atoms with van der Waals surface area (Å²) < 4.78 is 13.5. The fraction of sp³-hybridized carbons (Fsp3) is 0.529. The van der Waals surface area contributed by atoms with Crippen LogP contribution in [0.5, 0.6) is 0 Å². The molecule has 0 saturated carbocycles. The molecule has 1 aliphatic carbocycles. The molecule has 0 spiro atoms. The molecule has 6 heteroatoms. The fourth-order valence-corrected chi connectivity index (χ4v) is 3.94. The molecule has 5 nitrogen and oxygen atoms in total. The van der Waals surface area contributed by atoms with Crippen LogP contribution >= 0.6 is 15.9 Å². The van der Waals surface area contributed by atoms with Crippen LogP contribution in [0.25, 0.3) is 11.3 Å². The third-order valence-corrected chi connectivity index (χ3v) is 5.00. The normalized spacial score (nSPS) is 13.7. The fourth-order valence-electron chi connectivity index (χ4n) is 3.13. The van der Waals surface area contributed by atoms with Gasteiger partial charge in [-0.15, -0.1) is 0 Å². The predicted molar refractivity (Wildman–Crippen MR) is 90.7 cm³/mol. The Balaban J connectivity index is 2.14. The number of ether oxygens (including phenoxy) is 1. The van der Waals surface area contributed by atoms with E-state index in [4.69, 9.17) is 9.26 Å². The molecule has 3 rings (SSSR count). The van der Waals surface area contributed by atoms with Crippen molar-refractivity contribution in [3.8, 4) is 11.3 Å². The van der Waals surface area contributed by atoms with Crippen LogP contribution in [-0.2, 0) is 17.6 Å². The van der Waals surface area contributed by atoms with Crippen molar-refractivity contribution < 1.29 is 14.1 Å². The van der Waals surface area contributed by atoms with Gasteiger partial charge in [-0.2, -0.15) is 0 Å². The van der Waals surface area contributed by atoms with E-state index in [0.717, 1.165) is 46.4 Å². The van der Waals surface area contributed by atoms with E-state index >= 15 is 0 Å². The van der Waals surface area contributed by atoms with Crippen molar-refractivity contribution in [1.29, 1.82) is 0 Å². The van der Waals surface area contributed by atoms with E-state index in [1.54, 1.807) is 4.57 Å². The average Bonchev–Trinajstić information content (AvgIpc) is 3.15. The lowest BCUT2D eigenvalue weighted by Gasteiger charge is -2.13. The summed E-state index contributed by atoms with van der Waals surface area (Å²) in [4.78, 5) is 12.7. The summed E-state index contributed by atoms with van der Waals surface area (Å²) in [5.41, 5.74) is 4.69. The van der Waals surface area contributed by atoms with Crippen LogP contribution < -0.4 is 0 Å². The lowest BCUT2D eigenvalue weighted by atomic mass is 10.1. The maximum Gasteiger partial charge on any atom is 0.418 e. The van der Waals surface area contributed by atoms with Crippen LogP contribution in [0.2, 0.25) is 0 Å². The number of halogens is 1. The summed E-state index contributed by atoms with van der Waals surface area (Å²) in [6, 6.07) is 0. The summed E-state index contributed by atoms with van der Waals surface area (Å²) in [5.74, 6) is 1.01. The van der Waals surface area contributed by atoms with Crippen molar-refractivity contribution >= 4 is 22.0 Å². The number of fused-ring (bicyclic) bond motifs is 1. The molecule has 2 heterocycles. The zero-order valence-corrected chi connectivity index (χ0v) is 15.5. The number of aromatic nitrogens is 2. The molecule has 0 aliphatic heterocycles. The van der Waals surface area contributed by atoms with E-state index < -0.39 is 0 Å². The first-order chi connectivity index (χ1) is 10.9. The molecule has 0 saturated heterocycles. The standard InChI is InChI=1S/C17H21BrN2O3/c1-9(2)8-22-17(21)20-13-7-5-6-12(13)15(18)16(20)14-10(3)19-23-11(14)4/h9H,5-8H2,1-4H3. The largest absolute Gasteiger partial charge is 0.449 e. The molecule has 0 radical (unpaired) electrons. The van der Waals surface area contributed by atoms with Crippen molar-refractivity contribution in [2.45, 2.75) is 47.0 Å². The van der Waals surface area contributed by atoms with Gasteiger partial charge in [0.2, 0.25) is 0 Å². The Labute approximate surface area is 144 Å². The van der Waals surface area contributed by atoms with Crippen LogP contribution in [0.4, 0.5) is 4.79 Å². The van der Waals surface area contributed by atoms with E-state index in [9.17, 15) is 4.79 Å². The van der Waals surface area contributed by atoms with Gasteiger partial charge in [-0.3, -0.25) is 0 Å². The molecule has 23 heavy (non-hydrogen) atoms. The number of rotatable bonds is 3. The number of carbonyl (C=O) groups is 1. The lowest BCUT2D eigenvalue weighted by Crippen LogP contribution is -2.19. The van der Waals surface area contributed by atoms with Gasteiger partial charge in [-0.25, -0.2) is 9.36 Å². The van der Waals surface area contributed by atoms with E-state index in [2.05, 4.69) is 21.1 Å². The van der Waals surface area contributed by atoms with Gasteiger partial charge in [0.25, 0.3) is 0 Å². The zero-order chi connectivity index (χ0) is 16.7. The van der Waals surface area contributed by atoms with Crippen molar-refractivity contribution in [2.24, 2.45) is 5.92 Å². The van der Waals surface area contributed by atoms with E-state index in [-0.39, 0.29) is 6.09 Å². The summed E-state index contributed by atoms with van der Waals surface area (Å²) in [5, 5.41) is 4.03. The Kier molecular flexibility index (Phi) is 4.36. The molecule has 0 unspecified atom stereocenters. The second-order valence-corrected chi connectivity index (χ2v) is 7.24. The first kappa shape index (κ1) is 16.3. The Morgan fingerprint density at radius 1 is 1.39 bits per heavy atom. The number of aryl methyl sites for hydroxylation is 2. The predicted octanol–water partition coefficient (Wildman–Crippen LogP) is 4.65. The lowest BCUT2D eigenvalue weighted by molar-refractivity contribution is 0.134. The van der Waals surface area contributed by atoms with E-state index in [1.165, 1.54) is 5.56 Å². The second kappa shape index (κ2) is 6.15. The van der Waals surface area contributed by atoms with Gasteiger partial charge in [0.1, 0.15) is 5.76 Å². The minimum absolute atomic E-state index is 0.300. The maximum absolute atomic E-state index is 12.7. The minimum atomic E-state index is -0.322. The third-order valence-electron chi connectivity index (χ3n) is 4.15. The second-order valence-electron chi connectivity index (χ2n) is 6.45. The monoisotopic (exact) mass is 380 g/mol. The highest BCUT2D eigenvalue weighted by atomic mass is 79.9. The van der Waals surface area contributed by atoms with Gasteiger partial charge in [0.15, 0.2) is 0 Å². The molecule has 0 fully saturated rings. The molecule has 2 aromatic rings. The van der Waals surface area contributed by atoms with Crippen LogP contribution in [0.3, 0.4) is 0 Å². The zero-order valence-electron chi connectivity index (χ0n) is 13.9. The van der Waals surface area contributed by atoms with Gasteiger partial charge in [0.05, 0.1) is 23.6 Å². The Morgan fingerprint density at radius 2 is 2.13 bits per heavy atom. The summed E-state index contributed by atoms with van der Waals surface area (Å²) in [6.45, 7) is 8.21. The molecular formula is C17H21BrN2O3. The topological polar surface area (TPSA) is 57.3 Å². The molecule has 0 atom stereocenters. The number of hydrogen-bond donors (Lipinski definition) is 0. The van der Waals surface area contributed by atoms with Crippen LogP contribution in [0.1, 0.15) is 43.0 Å². The molecule has 0 amide bonds. The number of carbonyl (C=O) groups excluding carboxylic acids is 1. The van der Waals surface area contributed by atoms with Gasteiger partial charge < -0.3 is 9.26 Å². The Morgan fingerprint density at radius 3 is 2.74 bits per heavy atom. The highest BCUT2D eigenvalue weighted by molar-refractivity contribution is 9.10. The van der Waals surface area contributed by atoms with Crippen LogP contribution in [0, 0.1) is 19.8 Å². The Hall–Kier alpha value is -1.56. The van der Waals surface area contributed by atoms with Crippen molar-refractivity contribution in [3.63, 3.8) is 0 Å². The van der Waals surface area contributed by atoms with Crippen molar-refractivity contribution in [1.82, 2.24) is 9.72 Å². The van der Waals surface area contributed by atoms with Crippen molar-refractivity contribution in [2.75, 3.05) is 6.61 Å². The number of hydrogen-bond acceptors (Lipinski definition) is 4. The molecule has 2 aromatic heterocycles. The molecule has 124 valence electrons. The van der Waals surface area contributed by atoms with Crippen LogP contribution in [0.15, 0.2) is 9.00 Å². The van der Waals surface area contributed by atoms with Gasteiger partial charge in [0, 0.05) is 10.2 Å². The van der Waals surface area contributed by atoms with Gasteiger partial charge >= 0.3 is 6.09 Å². The van der Waals surface area contributed by atoms with Crippen LogP contribution in [-0.4, -0.2) is 22.4 Å². The molecule has 0 aromatic carbocycles. The third kappa shape index (κ3) is 2.73. The quantitative estimate of drug-likeness (QED) is 0.777. The molecular weight excluding hydrogens is 360 g/mol. The van der Waals surface area contributed by atoms with Crippen molar-refractivity contribution in [3.05, 3.63) is 27.2 Å². The first-order valence-electron chi connectivity index (χ1n) is 7.94. The molecule has 0 bridgehead atoms. The summed E-state index contributed by atoms with van der Waals surface area (Å²) >= 11 is 3.69. The summed E-state index contributed by atoms with van der Waals surface area (Å²) in [7, 11) is 0. The van der Waals surface area contributed by atoms with E-state index in [1.807, 2.05) is 27.7 Å². The highest BCUT2D eigenvalue weighted by Gasteiger charge is 2.32. The highest BCUT2D eigenvalue weighted by Crippen LogP contribution is 2.42. The first-order valence-corrected chi connectivity index (χ1v) is 8.73. The van der Waals surface area contributed by atoms with Gasteiger partial charge in [-0.1, -0.05) is 19.0 Å². The SMILES string of the molecule is Cc1noc(C)c1-c1c(Br)c2c(n1C(=O)OCC(C)C)CCC2. The van der Waals surface area contributed by atoms with E-state index in [0.29, 0.717) is 18.3 Å². The summed E-state index contributed by atoms with van der Waals surface area (Å²) in [6.07, 6.45) is 2.59. The van der Waals surface area contributed by atoms with Gasteiger partial charge in [-0.05, 0) is 60.5 Å². The average molecular weight is 381 g/mol.